The maximum absolute atomic E-state index is 8.70. The predicted molar refractivity (Wildman–Crippen MR) is 58.3 cm³/mol. The minimum atomic E-state index is 0.106. The summed E-state index contributed by atoms with van der Waals surface area (Å²) in [6.45, 7) is 0. The summed E-state index contributed by atoms with van der Waals surface area (Å²) in [5.41, 5.74) is 0. The van der Waals surface area contributed by atoms with E-state index in [1.807, 2.05) is 0 Å². The Morgan fingerprint density at radius 3 is 1.36 bits per heavy atom. The van der Waals surface area contributed by atoms with Gasteiger partial charge in [0.25, 0.3) is 0 Å². The van der Waals surface area contributed by atoms with Crippen molar-refractivity contribution in [3.63, 3.8) is 0 Å². The average Bonchev–Trinajstić information content (AvgIpc) is 2.19. The summed E-state index contributed by atoms with van der Waals surface area (Å²) in [6.07, 6.45) is 14.1. The molecule has 0 spiro atoms. The van der Waals surface area contributed by atoms with E-state index >= 15 is 0 Å². The van der Waals surface area contributed by atoms with E-state index in [9.17, 15) is 0 Å². The molecule has 0 bridgehead atoms. The number of rotatable bonds is 1. The highest BCUT2D eigenvalue weighted by atomic mass is 17.1. The van der Waals surface area contributed by atoms with Gasteiger partial charge in [-0.05, 0) is 12.8 Å². The average molecular weight is 200 g/mol. The molecule has 0 heterocycles. The van der Waals surface area contributed by atoms with Gasteiger partial charge < -0.3 is 0 Å². The topological polar surface area (TPSA) is 29.5 Å². The van der Waals surface area contributed by atoms with Gasteiger partial charge in [0.1, 0.15) is 0 Å². The van der Waals surface area contributed by atoms with E-state index in [2.05, 4.69) is 4.89 Å². The Labute approximate surface area is 87.6 Å². The van der Waals surface area contributed by atoms with Gasteiger partial charge in [0.15, 0.2) is 0 Å². The minimum Gasteiger partial charge on any atom is -0.252 e. The van der Waals surface area contributed by atoms with Gasteiger partial charge in [-0.3, -0.25) is 5.26 Å². The molecule has 84 valence electrons. The zero-order chi connectivity index (χ0) is 10.1. The standard InChI is InChI=1S/C12H24O2/c13-14-12-10-8-6-4-2-1-3-5-7-9-11-12/h12-13H,1-11H2. The molecule has 0 unspecified atom stereocenters. The zero-order valence-electron chi connectivity index (χ0n) is 9.21. The lowest BCUT2D eigenvalue weighted by atomic mass is 9.99. The van der Waals surface area contributed by atoms with Crippen LogP contribution in [0.25, 0.3) is 0 Å². The van der Waals surface area contributed by atoms with E-state index in [0.717, 1.165) is 12.8 Å². The first-order valence-electron chi connectivity index (χ1n) is 6.23. The molecule has 0 radical (unpaired) electrons. The SMILES string of the molecule is OOC1CCCCCCCCCCC1. The molecule has 1 fully saturated rings. The molecule has 14 heavy (non-hydrogen) atoms. The zero-order valence-corrected chi connectivity index (χ0v) is 9.21. The fourth-order valence-electron chi connectivity index (χ4n) is 2.23. The van der Waals surface area contributed by atoms with Gasteiger partial charge in [-0.1, -0.05) is 57.8 Å². The van der Waals surface area contributed by atoms with Crippen molar-refractivity contribution in [2.45, 2.75) is 76.7 Å². The third-order valence-electron chi connectivity index (χ3n) is 3.20. The molecule has 2 heteroatoms. The van der Waals surface area contributed by atoms with E-state index in [0.29, 0.717) is 0 Å². The monoisotopic (exact) mass is 200 g/mol. The lowest BCUT2D eigenvalue weighted by Gasteiger charge is -2.14. The van der Waals surface area contributed by atoms with E-state index in [1.165, 1.54) is 57.8 Å². The summed E-state index contributed by atoms with van der Waals surface area (Å²) < 4.78 is 0. The van der Waals surface area contributed by atoms with E-state index < -0.39 is 0 Å². The summed E-state index contributed by atoms with van der Waals surface area (Å²) in [6, 6.07) is 0. The molecule has 0 saturated heterocycles. The van der Waals surface area contributed by atoms with Crippen LogP contribution in [-0.4, -0.2) is 11.4 Å². The summed E-state index contributed by atoms with van der Waals surface area (Å²) in [4.78, 5) is 4.50. The second-order valence-corrected chi connectivity index (χ2v) is 4.49. The van der Waals surface area contributed by atoms with Gasteiger partial charge >= 0.3 is 0 Å². The molecule has 0 aromatic rings. The lowest BCUT2D eigenvalue weighted by molar-refractivity contribution is -0.281. The maximum atomic E-state index is 8.70. The fourth-order valence-corrected chi connectivity index (χ4v) is 2.23. The van der Waals surface area contributed by atoms with Crippen LogP contribution in [0.5, 0.6) is 0 Å². The second kappa shape index (κ2) is 8.25. The molecular weight excluding hydrogens is 176 g/mol. The molecule has 1 rings (SSSR count). The van der Waals surface area contributed by atoms with Gasteiger partial charge in [0, 0.05) is 0 Å². The molecule has 0 aromatic carbocycles. The van der Waals surface area contributed by atoms with E-state index in [-0.39, 0.29) is 6.10 Å². The van der Waals surface area contributed by atoms with Crippen molar-refractivity contribution >= 4 is 0 Å². The molecule has 1 N–H and O–H groups in total. The minimum absolute atomic E-state index is 0.106. The smallest absolute Gasteiger partial charge is 0.0927 e. The highest BCUT2D eigenvalue weighted by Gasteiger charge is 2.08. The van der Waals surface area contributed by atoms with Crippen LogP contribution in [0.15, 0.2) is 0 Å². The van der Waals surface area contributed by atoms with Crippen molar-refractivity contribution in [1.82, 2.24) is 0 Å². The first-order chi connectivity index (χ1) is 6.93. The highest BCUT2D eigenvalue weighted by Crippen LogP contribution is 2.17. The Morgan fingerprint density at radius 2 is 1.00 bits per heavy atom. The molecule has 1 saturated carbocycles. The maximum Gasteiger partial charge on any atom is 0.0927 e. The van der Waals surface area contributed by atoms with Crippen LogP contribution in [0.4, 0.5) is 0 Å². The van der Waals surface area contributed by atoms with Crippen LogP contribution >= 0.6 is 0 Å². The molecule has 1 aliphatic carbocycles. The Kier molecular flexibility index (Phi) is 7.06. The van der Waals surface area contributed by atoms with Crippen LogP contribution in [0.2, 0.25) is 0 Å². The molecule has 0 amide bonds. The Morgan fingerprint density at radius 1 is 0.643 bits per heavy atom. The molecule has 0 aliphatic heterocycles. The summed E-state index contributed by atoms with van der Waals surface area (Å²) >= 11 is 0. The molecular formula is C12H24O2. The second-order valence-electron chi connectivity index (χ2n) is 4.49. The summed E-state index contributed by atoms with van der Waals surface area (Å²) in [5.74, 6) is 0. The number of hydrogen-bond donors (Lipinski definition) is 1. The Hall–Kier alpha value is -0.0800. The fraction of sp³-hybridized carbons (Fsp3) is 1.00. The first kappa shape index (κ1) is 12.0. The third kappa shape index (κ3) is 5.61. The van der Waals surface area contributed by atoms with Gasteiger partial charge in [-0.2, -0.15) is 0 Å². The van der Waals surface area contributed by atoms with Gasteiger partial charge in [-0.25, -0.2) is 4.89 Å². The van der Waals surface area contributed by atoms with Crippen LogP contribution < -0.4 is 0 Å². The van der Waals surface area contributed by atoms with Gasteiger partial charge in [0.05, 0.1) is 6.10 Å². The Bertz CT molecular complexity index is 113. The largest absolute Gasteiger partial charge is 0.252 e. The first-order valence-corrected chi connectivity index (χ1v) is 6.23. The van der Waals surface area contributed by atoms with Crippen molar-refractivity contribution < 1.29 is 10.1 Å². The molecule has 0 atom stereocenters. The quantitative estimate of drug-likeness (QED) is 0.509. The summed E-state index contributed by atoms with van der Waals surface area (Å²) in [7, 11) is 0. The van der Waals surface area contributed by atoms with Crippen molar-refractivity contribution in [2.75, 3.05) is 0 Å². The van der Waals surface area contributed by atoms with E-state index in [1.54, 1.807) is 0 Å². The highest BCUT2D eigenvalue weighted by molar-refractivity contribution is 4.59. The van der Waals surface area contributed by atoms with Crippen molar-refractivity contribution in [3.05, 3.63) is 0 Å². The van der Waals surface area contributed by atoms with Crippen LogP contribution in [0.3, 0.4) is 0 Å². The molecule has 2 nitrogen and oxygen atoms in total. The lowest BCUT2D eigenvalue weighted by Crippen LogP contribution is -2.10. The third-order valence-corrected chi connectivity index (χ3v) is 3.20. The molecule has 1 aliphatic rings. The molecule has 0 aromatic heterocycles. The predicted octanol–water partition coefficient (Wildman–Crippen LogP) is 4.15. The number of hydrogen-bond acceptors (Lipinski definition) is 2. The van der Waals surface area contributed by atoms with Crippen LogP contribution in [0, 0.1) is 0 Å². The van der Waals surface area contributed by atoms with Gasteiger partial charge in [0.2, 0.25) is 0 Å². The Balaban J connectivity index is 2.17. The van der Waals surface area contributed by atoms with Crippen molar-refractivity contribution in [3.8, 4) is 0 Å². The van der Waals surface area contributed by atoms with Gasteiger partial charge in [-0.15, -0.1) is 0 Å². The van der Waals surface area contributed by atoms with Crippen molar-refractivity contribution in [2.24, 2.45) is 0 Å². The van der Waals surface area contributed by atoms with Crippen LogP contribution in [-0.2, 0) is 4.89 Å². The van der Waals surface area contributed by atoms with Crippen LogP contribution in [0.1, 0.15) is 70.6 Å². The summed E-state index contributed by atoms with van der Waals surface area (Å²) in [5, 5.41) is 8.70. The normalized spacial score (nSPS) is 23.8. The van der Waals surface area contributed by atoms with Crippen molar-refractivity contribution in [1.29, 1.82) is 0 Å². The van der Waals surface area contributed by atoms with E-state index in [4.69, 9.17) is 5.26 Å².